The fourth-order valence-corrected chi connectivity index (χ4v) is 2.71. The lowest BCUT2D eigenvalue weighted by Crippen LogP contribution is -2.22. The summed E-state index contributed by atoms with van der Waals surface area (Å²) >= 11 is 1.43. The van der Waals surface area contributed by atoms with Gasteiger partial charge in [0.05, 0.1) is 12.1 Å². The molecule has 2 rings (SSSR count). The molecule has 0 bridgehead atoms. The zero-order valence-corrected chi connectivity index (χ0v) is 12.6. The molecule has 0 saturated heterocycles. The molecule has 0 aliphatic rings. The summed E-state index contributed by atoms with van der Waals surface area (Å²) in [6, 6.07) is 8.02. The van der Waals surface area contributed by atoms with Crippen molar-refractivity contribution in [2.75, 3.05) is 6.54 Å². The Labute approximate surface area is 127 Å². The van der Waals surface area contributed by atoms with Crippen LogP contribution in [0.1, 0.15) is 17.5 Å². The molecule has 3 N–H and O–H groups in total. The molecule has 1 aromatic heterocycles. The van der Waals surface area contributed by atoms with Crippen molar-refractivity contribution in [1.29, 1.82) is 0 Å². The van der Waals surface area contributed by atoms with Crippen molar-refractivity contribution < 1.29 is 9.59 Å². The molecule has 0 saturated carbocycles. The number of benzene rings is 1. The van der Waals surface area contributed by atoms with Crippen LogP contribution in [0.25, 0.3) is 11.3 Å². The highest BCUT2D eigenvalue weighted by Crippen LogP contribution is 2.22. The van der Waals surface area contributed by atoms with Crippen LogP contribution in [0.15, 0.2) is 29.6 Å². The van der Waals surface area contributed by atoms with Gasteiger partial charge in [-0.15, -0.1) is 11.3 Å². The van der Waals surface area contributed by atoms with Crippen LogP contribution in [-0.2, 0) is 22.4 Å². The number of primary amides is 1. The van der Waals surface area contributed by atoms with Gasteiger partial charge in [0.15, 0.2) is 0 Å². The van der Waals surface area contributed by atoms with E-state index in [4.69, 9.17) is 5.73 Å². The summed E-state index contributed by atoms with van der Waals surface area (Å²) in [7, 11) is 0. The second kappa shape index (κ2) is 6.99. The summed E-state index contributed by atoms with van der Waals surface area (Å²) in [5, 5.41) is 5.42. The fourth-order valence-electron chi connectivity index (χ4n) is 1.90. The average Bonchev–Trinajstić information content (AvgIpc) is 2.87. The van der Waals surface area contributed by atoms with Gasteiger partial charge in [0, 0.05) is 24.4 Å². The molecule has 5 nitrogen and oxygen atoms in total. The van der Waals surface area contributed by atoms with Gasteiger partial charge in [0.25, 0.3) is 0 Å². The molecule has 0 radical (unpaired) electrons. The minimum absolute atomic E-state index is 0.0175. The maximum absolute atomic E-state index is 10.9. The fraction of sp³-hybridized carbons (Fsp3) is 0.267. The van der Waals surface area contributed by atoms with Gasteiger partial charge in [0.2, 0.25) is 11.8 Å². The molecule has 0 aliphatic carbocycles. The lowest BCUT2D eigenvalue weighted by Gasteiger charge is -2.03. The van der Waals surface area contributed by atoms with Crippen molar-refractivity contribution >= 4 is 23.2 Å². The number of nitrogens with zero attached hydrogens (tertiary/aromatic N) is 1. The molecular formula is C15H17N3O2S. The first kappa shape index (κ1) is 15.2. The smallest absolute Gasteiger partial charge is 0.224 e. The van der Waals surface area contributed by atoms with Crippen molar-refractivity contribution in [2.24, 2.45) is 5.73 Å². The normalized spacial score (nSPS) is 10.3. The highest BCUT2D eigenvalue weighted by atomic mass is 32.1. The molecule has 0 unspecified atom stereocenters. The number of aromatic nitrogens is 1. The molecule has 2 aromatic rings. The Morgan fingerprint density at radius 1 is 1.29 bits per heavy atom. The number of nitrogens with one attached hydrogen (secondary N) is 1. The standard InChI is InChI=1S/C15H17N3O2S/c1-10(19)17-7-6-11-2-4-12(5-3-11)13-9-21-15(18-13)8-14(16)20/h2-5,9H,6-8H2,1H3,(H2,16,20)(H,17,19). The van der Waals surface area contributed by atoms with Crippen molar-refractivity contribution in [3.05, 3.63) is 40.2 Å². The first-order valence-electron chi connectivity index (χ1n) is 6.61. The topological polar surface area (TPSA) is 85.1 Å². The van der Waals surface area contributed by atoms with Gasteiger partial charge in [-0.05, 0) is 12.0 Å². The lowest BCUT2D eigenvalue weighted by molar-refractivity contribution is -0.119. The Hall–Kier alpha value is -2.21. The van der Waals surface area contributed by atoms with E-state index >= 15 is 0 Å². The van der Waals surface area contributed by atoms with Crippen LogP contribution in [-0.4, -0.2) is 23.3 Å². The van der Waals surface area contributed by atoms with Crippen LogP contribution in [0.2, 0.25) is 0 Å². The average molecular weight is 303 g/mol. The molecule has 0 fully saturated rings. The third-order valence-corrected chi connectivity index (χ3v) is 3.76. The van der Waals surface area contributed by atoms with E-state index in [2.05, 4.69) is 10.3 Å². The quantitative estimate of drug-likeness (QED) is 0.848. The Balaban J connectivity index is 1.99. The van der Waals surface area contributed by atoms with E-state index in [1.807, 2.05) is 29.6 Å². The van der Waals surface area contributed by atoms with Crippen molar-refractivity contribution in [1.82, 2.24) is 10.3 Å². The molecule has 110 valence electrons. The lowest BCUT2D eigenvalue weighted by atomic mass is 10.1. The monoisotopic (exact) mass is 303 g/mol. The summed E-state index contributed by atoms with van der Waals surface area (Å²) in [6.07, 6.45) is 0.976. The number of rotatable bonds is 6. The van der Waals surface area contributed by atoms with Gasteiger partial charge < -0.3 is 11.1 Å². The van der Waals surface area contributed by atoms with Crippen molar-refractivity contribution in [2.45, 2.75) is 19.8 Å². The number of nitrogens with two attached hydrogens (primary N) is 1. The molecule has 1 aromatic carbocycles. The highest BCUT2D eigenvalue weighted by Gasteiger charge is 2.07. The minimum atomic E-state index is -0.371. The molecule has 0 spiro atoms. The predicted octanol–water partition coefficient (Wildman–Crippen LogP) is 1.52. The highest BCUT2D eigenvalue weighted by molar-refractivity contribution is 7.10. The number of carbonyl (C=O) groups is 2. The molecule has 2 amide bonds. The van der Waals surface area contributed by atoms with Gasteiger partial charge in [0.1, 0.15) is 5.01 Å². The maximum Gasteiger partial charge on any atom is 0.224 e. The zero-order chi connectivity index (χ0) is 15.2. The van der Waals surface area contributed by atoms with Crippen LogP contribution in [0.5, 0.6) is 0 Å². The number of carbonyl (C=O) groups excluding carboxylic acids is 2. The second-order valence-corrected chi connectivity index (χ2v) is 5.64. The summed E-state index contributed by atoms with van der Waals surface area (Å²) in [4.78, 5) is 26.1. The Morgan fingerprint density at radius 3 is 2.62 bits per heavy atom. The molecule has 0 atom stereocenters. The Morgan fingerprint density at radius 2 is 2.00 bits per heavy atom. The summed E-state index contributed by atoms with van der Waals surface area (Å²) in [5.41, 5.74) is 8.17. The minimum Gasteiger partial charge on any atom is -0.369 e. The maximum atomic E-state index is 10.9. The van der Waals surface area contributed by atoms with E-state index in [0.29, 0.717) is 6.54 Å². The van der Waals surface area contributed by atoms with Crippen LogP contribution in [0.3, 0.4) is 0 Å². The Kier molecular flexibility index (Phi) is 5.05. The van der Waals surface area contributed by atoms with Gasteiger partial charge in [-0.3, -0.25) is 9.59 Å². The Bertz CT molecular complexity index is 635. The predicted molar refractivity (Wildman–Crippen MR) is 82.8 cm³/mol. The molecular weight excluding hydrogens is 286 g/mol. The van der Waals surface area contributed by atoms with E-state index < -0.39 is 0 Å². The second-order valence-electron chi connectivity index (χ2n) is 4.70. The van der Waals surface area contributed by atoms with Gasteiger partial charge >= 0.3 is 0 Å². The van der Waals surface area contributed by atoms with Crippen LogP contribution in [0.4, 0.5) is 0 Å². The summed E-state index contributed by atoms with van der Waals surface area (Å²) in [5.74, 6) is -0.389. The number of amides is 2. The number of hydrogen-bond acceptors (Lipinski definition) is 4. The van der Waals surface area contributed by atoms with Crippen molar-refractivity contribution in [3.63, 3.8) is 0 Å². The summed E-state index contributed by atoms with van der Waals surface area (Å²) < 4.78 is 0. The van der Waals surface area contributed by atoms with Crippen LogP contribution >= 0.6 is 11.3 Å². The first-order valence-corrected chi connectivity index (χ1v) is 7.49. The van der Waals surface area contributed by atoms with Crippen LogP contribution in [0, 0.1) is 0 Å². The molecule has 0 aliphatic heterocycles. The third-order valence-electron chi connectivity index (χ3n) is 2.91. The van der Waals surface area contributed by atoms with E-state index in [1.165, 1.54) is 18.3 Å². The van der Waals surface area contributed by atoms with E-state index in [0.717, 1.165) is 28.2 Å². The SMILES string of the molecule is CC(=O)NCCc1ccc(-c2csc(CC(N)=O)n2)cc1. The zero-order valence-electron chi connectivity index (χ0n) is 11.8. The number of thiazole rings is 1. The van der Waals surface area contributed by atoms with E-state index in [9.17, 15) is 9.59 Å². The molecule has 6 heteroatoms. The largest absolute Gasteiger partial charge is 0.369 e. The first-order chi connectivity index (χ1) is 10.0. The summed E-state index contributed by atoms with van der Waals surface area (Å²) in [6.45, 7) is 2.14. The number of hydrogen-bond donors (Lipinski definition) is 2. The van der Waals surface area contributed by atoms with E-state index in [-0.39, 0.29) is 18.2 Å². The van der Waals surface area contributed by atoms with Gasteiger partial charge in [-0.2, -0.15) is 0 Å². The molecule has 21 heavy (non-hydrogen) atoms. The molecule has 1 heterocycles. The van der Waals surface area contributed by atoms with Crippen molar-refractivity contribution in [3.8, 4) is 11.3 Å². The van der Waals surface area contributed by atoms with Gasteiger partial charge in [-0.1, -0.05) is 24.3 Å². The third kappa shape index (κ3) is 4.68. The van der Waals surface area contributed by atoms with Crippen LogP contribution < -0.4 is 11.1 Å². The van der Waals surface area contributed by atoms with Gasteiger partial charge in [-0.25, -0.2) is 4.98 Å². The van der Waals surface area contributed by atoms with E-state index in [1.54, 1.807) is 0 Å².